The van der Waals surface area contributed by atoms with Crippen molar-refractivity contribution in [2.45, 2.75) is 37.5 Å². The number of fused-ring (bicyclic) bond motifs is 1. The molecule has 4 atom stereocenters. The normalized spacial score (nSPS) is 23.1. The Morgan fingerprint density at radius 3 is 2.62 bits per heavy atom. The maximum absolute atomic E-state index is 14.0. The second-order valence-corrected chi connectivity index (χ2v) is 9.93. The van der Waals surface area contributed by atoms with Crippen LogP contribution in [0.3, 0.4) is 0 Å². The molecule has 2 aliphatic rings. The number of nitrogens with two attached hydrogens (primary N) is 1. The number of carbonyl (C=O) groups is 3. The van der Waals surface area contributed by atoms with E-state index in [-0.39, 0.29) is 42.1 Å². The Hall–Kier alpha value is -4.66. The Kier molecular flexibility index (Phi) is 7.30. The first kappa shape index (κ1) is 26.9. The molecule has 40 heavy (non-hydrogen) atoms. The van der Waals surface area contributed by atoms with Gasteiger partial charge in [-0.25, -0.2) is 0 Å². The van der Waals surface area contributed by atoms with E-state index in [4.69, 9.17) is 10.5 Å². The van der Waals surface area contributed by atoms with Gasteiger partial charge in [-0.1, -0.05) is 24.3 Å². The number of rotatable bonds is 9. The number of nitriles is 1. The highest BCUT2D eigenvalue weighted by molar-refractivity contribution is 6.03. The SMILES string of the molecule is N#C[C@@H](C[C@H]1CCNC1=O)C1(C(N)=O)CC(Oc2ccccc2)CN1C(=O)c1cc2c(OC(F)F)cccc2[nH]1. The summed E-state index contributed by atoms with van der Waals surface area (Å²) in [5, 5.41) is 13.2. The van der Waals surface area contributed by atoms with Gasteiger partial charge in [-0.05, 0) is 43.2 Å². The molecule has 12 heteroatoms. The highest BCUT2D eigenvalue weighted by atomic mass is 19.3. The van der Waals surface area contributed by atoms with Crippen LogP contribution in [-0.2, 0) is 9.59 Å². The highest BCUT2D eigenvalue weighted by Gasteiger charge is 2.59. The van der Waals surface area contributed by atoms with Crippen molar-refractivity contribution in [3.05, 3.63) is 60.3 Å². The predicted molar refractivity (Wildman–Crippen MR) is 138 cm³/mol. The molecule has 0 bridgehead atoms. The summed E-state index contributed by atoms with van der Waals surface area (Å²) in [5.41, 5.74) is 4.53. The summed E-state index contributed by atoms with van der Waals surface area (Å²) >= 11 is 0. The van der Waals surface area contributed by atoms with Gasteiger partial charge in [-0.15, -0.1) is 0 Å². The van der Waals surface area contributed by atoms with E-state index in [1.54, 1.807) is 30.3 Å². The number of ether oxygens (including phenoxy) is 2. The monoisotopic (exact) mass is 551 g/mol. The van der Waals surface area contributed by atoms with Gasteiger partial charge in [0.15, 0.2) is 0 Å². The molecule has 2 fully saturated rings. The molecule has 0 spiro atoms. The lowest BCUT2D eigenvalue weighted by Gasteiger charge is -2.39. The Morgan fingerprint density at radius 2 is 1.98 bits per heavy atom. The second-order valence-electron chi connectivity index (χ2n) is 9.93. The number of halogens is 2. The lowest BCUT2D eigenvalue weighted by atomic mass is 9.76. The summed E-state index contributed by atoms with van der Waals surface area (Å²) < 4.78 is 36.6. The number of carbonyl (C=O) groups excluding carboxylic acids is 3. The Bertz CT molecular complexity index is 1470. The quantitative estimate of drug-likeness (QED) is 0.372. The summed E-state index contributed by atoms with van der Waals surface area (Å²) in [6.45, 7) is -2.70. The van der Waals surface area contributed by atoms with E-state index in [2.05, 4.69) is 21.1 Å². The van der Waals surface area contributed by atoms with E-state index in [9.17, 15) is 28.4 Å². The number of nitrogens with one attached hydrogen (secondary N) is 2. The molecule has 0 aliphatic carbocycles. The molecule has 2 aliphatic heterocycles. The first-order chi connectivity index (χ1) is 19.2. The topological polar surface area (TPSA) is 151 Å². The van der Waals surface area contributed by atoms with Gasteiger partial charge in [-0.2, -0.15) is 14.0 Å². The van der Waals surface area contributed by atoms with Gasteiger partial charge in [0.25, 0.3) is 5.91 Å². The van der Waals surface area contributed by atoms with Crippen LogP contribution >= 0.6 is 0 Å². The number of aromatic nitrogens is 1. The van der Waals surface area contributed by atoms with Crippen molar-refractivity contribution < 1.29 is 32.6 Å². The lowest BCUT2D eigenvalue weighted by molar-refractivity contribution is -0.131. The van der Waals surface area contributed by atoms with Crippen molar-refractivity contribution in [1.29, 1.82) is 5.26 Å². The van der Waals surface area contributed by atoms with Gasteiger partial charge in [0, 0.05) is 29.8 Å². The number of alkyl halides is 2. The van der Waals surface area contributed by atoms with Gasteiger partial charge in [0.2, 0.25) is 11.8 Å². The Morgan fingerprint density at radius 1 is 1.20 bits per heavy atom. The first-order valence-corrected chi connectivity index (χ1v) is 12.8. The maximum Gasteiger partial charge on any atom is 0.387 e. The van der Waals surface area contributed by atoms with Crippen LogP contribution in [0.4, 0.5) is 8.78 Å². The number of nitrogens with zero attached hydrogens (tertiary/aromatic N) is 2. The van der Waals surface area contributed by atoms with Crippen molar-refractivity contribution in [3.8, 4) is 17.6 Å². The summed E-state index contributed by atoms with van der Waals surface area (Å²) in [6.07, 6.45) is -0.269. The van der Waals surface area contributed by atoms with Crippen LogP contribution in [0.25, 0.3) is 10.9 Å². The zero-order valence-electron chi connectivity index (χ0n) is 21.3. The van der Waals surface area contributed by atoms with Crippen molar-refractivity contribution in [3.63, 3.8) is 0 Å². The van der Waals surface area contributed by atoms with Gasteiger partial charge >= 0.3 is 6.61 Å². The Balaban J connectivity index is 1.55. The molecule has 2 saturated heterocycles. The van der Waals surface area contributed by atoms with Crippen LogP contribution in [0.5, 0.6) is 11.5 Å². The minimum Gasteiger partial charge on any atom is -0.488 e. The van der Waals surface area contributed by atoms with Crippen LogP contribution < -0.4 is 20.5 Å². The number of benzene rings is 2. The number of hydrogen-bond acceptors (Lipinski definition) is 6. The third-order valence-corrected chi connectivity index (χ3v) is 7.61. The summed E-state index contributed by atoms with van der Waals surface area (Å²) in [6, 6.07) is 16.8. The van der Waals surface area contributed by atoms with E-state index in [1.165, 1.54) is 23.1 Å². The first-order valence-electron chi connectivity index (χ1n) is 12.8. The van der Waals surface area contributed by atoms with Crippen molar-refractivity contribution >= 4 is 28.6 Å². The van der Waals surface area contributed by atoms with Gasteiger partial charge in [0.05, 0.1) is 18.5 Å². The fourth-order valence-corrected chi connectivity index (χ4v) is 5.75. The highest BCUT2D eigenvalue weighted by Crippen LogP contribution is 2.42. The molecule has 3 amide bonds. The average Bonchev–Trinajstić information content (AvgIpc) is 3.65. The van der Waals surface area contributed by atoms with Crippen molar-refractivity contribution in [2.24, 2.45) is 17.6 Å². The molecular weight excluding hydrogens is 524 g/mol. The minimum absolute atomic E-state index is 0.0124. The van der Waals surface area contributed by atoms with Crippen molar-refractivity contribution in [1.82, 2.24) is 15.2 Å². The molecule has 0 saturated carbocycles. The number of amides is 3. The largest absolute Gasteiger partial charge is 0.488 e. The zero-order valence-corrected chi connectivity index (χ0v) is 21.3. The number of hydrogen-bond donors (Lipinski definition) is 3. The molecule has 2 aromatic carbocycles. The van der Waals surface area contributed by atoms with E-state index >= 15 is 0 Å². The molecule has 1 aromatic heterocycles. The van der Waals surface area contributed by atoms with Crippen LogP contribution in [0.2, 0.25) is 0 Å². The number of H-pyrrole nitrogens is 1. The van der Waals surface area contributed by atoms with E-state index in [1.807, 2.05) is 6.07 Å². The number of likely N-dealkylation sites (tertiary alicyclic amines) is 1. The fraction of sp³-hybridized carbons (Fsp3) is 0.357. The molecule has 5 rings (SSSR count). The Labute approximate surface area is 228 Å². The maximum atomic E-state index is 14.0. The van der Waals surface area contributed by atoms with Crippen LogP contribution in [0.15, 0.2) is 54.6 Å². The summed E-state index contributed by atoms with van der Waals surface area (Å²) in [7, 11) is 0. The smallest absolute Gasteiger partial charge is 0.387 e. The molecule has 208 valence electrons. The van der Waals surface area contributed by atoms with Crippen LogP contribution in [0.1, 0.15) is 29.8 Å². The lowest BCUT2D eigenvalue weighted by Crippen LogP contribution is -2.60. The molecular formula is C28H27F2N5O5. The number of primary amides is 1. The van der Waals surface area contributed by atoms with Crippen LogP contribution in [0, 0.1) is 23.2 Å². The molecule has 0 radical (unpaired) electrons. The third-order valence-electron chi connectivity index (χ3n) is 7.61. The van der Waals surface area contributed by atoms with Gasteiger partial charge in [0.1, 0.15) is 28.8 Å². The van der Waals surface area contributed by atoms with Crippen LogP contribution in [-0.4, -0.2) is 58.9 Å². The summed E-state index contributed by atoms with van der Waals surface area (Å²) in [5.74, 6) is -3.06. The summed E-state index contributed by atoms with van der Waals surface area (Å²) in [4.78, 5) is 43.8. The number of para-hydroxylation sites is 1. The fourth-order valence-electron chi connectivity index (χ4n) is 5.75. The van der Waals surface area contributed by atoms with Crippen molar-refractivity contribution in [2.75, 3.05) is 13.1 Å². The number of aromatic amines is 1. The van der Waals surface area contributed by atoms with E-state index in [0.717, 1.165) is 0 Å². The molecule has 3 aromatic rings. The average molecular weight is 552 g/mol. The molecule has 10 nitrogen and oxygen atoms in total. The third kappa shape index (κ3) is 4.90. The zero-order chi connectivity index (χ0) is 28.4. The standard InChI is InChI=1S/C28H27F2N5O5/c29-27(30)40-23-8-4-7-21-20(23)12-22(34-21)25(37)35-15-19(39-18-5-2-1-3-6-18)13-28(35,26(32)38)17(14-31)11-16-9-10-33-24(16)36/h1-8,12,16-17,19,27,34H,9-11,13,15H2,(H2,32,38)(H,33,36)/t16-,17-,19?,28?/m1/s1. The molecule has 4 N–H and O–H groups in total. The van der Waals surface area contributed by atoms with E-state index < -0.39 is 41.9 Å². The van der Waals surface area contributed by atoms with Gasteiger partial charge in [-0.3, -0.25) is 14.4 Å². The predicted octanol–water partition coefficient (Wildman–Crippen LogP) is 2.95. The second kappa shape index (κ2) is 10.8. The molecule has 2 unspecified atom stereocenters. The molecule has 3 heterocycles. The van der Waals surface area contributed by atoms with Gasteiger partial charge < -0.3 is 30.4 Å². The minimum atomic E-state index is -3.07. The van der Waals surface area contributed by atoms with E-state index in [0.29, 0.717) is 24.2 Å².